The smallest absolute Gasteiger partial charge is 0.335 e. The van der Waals surface area contributed by atoms with Crippen LogP contribution in [0.1, 0.15) is 39.6 Å². The molecule has 9 nitrogen and oxygen atoms in total. The first-order chi connectivity index (χ1) is 14.7. The number of nitrogens with one attached hydrogen (secondary N) is 1. The lowest BCUT2D eigenvalue weighted by Gasteiger charge is -2.17. The van der Waals surface area contributed by atoms with Crippen LogP contribution in [0.2, 0.25) is 0 Å². The predicted molar refractivity (Wildman–Crippen MR) is 114 cm³/mol. The zero-order valence-corrected chi connectivity index (χ0v) is 17.1. The van der Waals surface area contributed by atoms with Crippen LogP contribution in [0.25, 0.3) is 0 Å². The molecule has 0 aromatic heterocycles. The monoisotopic (exact) mass is 442 g/mol. The predicted octanol–water partition coefficient (Wildman–Crippen LogP) is 3.24. The zero-order chi connectivity index (χ0) is 22.7. The van der Waals surface area contributed by atoms with Gasteiger partial charge in [0.15, 0.2) is 0 Å². The molecule has 1 atom stereocenters. The molecule has 1 heterocycles. The molecule has 1 aliphatic heterocycles. The van der Waals surface area contributed by atoms with Gasteiger partial charge in [-0.1, -0.05) is 25.1 Å². The number of aromatic carboxylic acids is 2. The van der Waals surface area contributed by atoms with Gasteiger partial charge in [-0.05, 0) is 48.0 Å². The van der Waals surface area contributed by atoms with Crippen LogP contribution in [0.3, 0.4) is 0 Å². The third-order valence-corrected chi connectivity index (χ3v) is 5.65. The van der Waals surface area contributed by atoms with Gasteiger partial charge in [0.1, 0.15) is 5.25 Å². The fourth-order valence-electron chi connectivity index (χ4n) is 3.16. The van der Waals surface area contributed by atoms with E-state index in [0.717, 1.165) is 40.4 Å². The lowest BCUT2D eigenvalue weighted by molar-refractivity contribution is -0.121. The maximum Gasteiger partial charge on any atom is 0.335 e. The summed E-state index contributed by atoms with van der Waals surface area (Å²) in [5, 5.41) is 19.2. The van der Waals surface area contributed by atoms with Crippen LogP contribution in [-0.4, -0.2) is 44.5 Å². The SMILES string of the molecule is CCc1ccccc1N1C(=O)SC(CC(=O)Nc2cc(C(=O)O)cc(C(=O)O)c2)C1=O. The summed E-state index contributed by atoms with van der Waals surface area (Å²) in [5.74, 6) is -3.87. The van der Waals surface area contributed by atoms with Crippen LogP contribution in [0.4, 0.5) is 16.2 Å². The highest BCUT2D eigenvalue weighted by Gasteiger charge is 2.42. The van der Waals surface area contributed by atoms with Crippen molar-refractivity contribution in [2.75, 3.05) is 10.2 Å². The summed E-state index contributed by atoms with van der Waals surface area (Å²) in [6.07, 6.45) is 0.286. The van der Waals surface area contributed by atoms with E-state index in [4.69, 9.17) is 10.2 Å². The average molecular weight is 442 g/mol. The number of carbonyl (C=O) groups excluding carboxylic acids is 3. The van der Waals surface area contributed by atoms with E-state index in [1.54, 1.807) is 12.1 Å². The quantitative estimate of drug-likeness (QED) is 0.593. The Bertz CT molecular complexity index is 1070. The summed E-state index contributed by atoms with van der Waals surface area (Å²) >= 11 is 0.739. The molecule has 3 N–H and O–H groups in total. The number of anilines is 2. The van der Waals surface area contributed by atoms with Gasteiger partial charge < -0.3 is 15.5 Å². The molecule has 1 saturated heterocycles. The second-order valence-corrected chi connectivity index (χ2v) is 7.84. The molecular weight excluding hydrogens is 424 g/mol. The van der Waals surface area contributed by atoms with Crippen molar-refractivity contribution in [2.45, 2.75) is 25.0 Å². The Labute approximate surface area is 181 Å². The molecule has 31 heavy (non-hydrogen) atoms. The number of carboxylic acids is 2. The Hall–Kier alpha value is -3.66. The minimum Gasteiger partial charge on any atom is -0.478 e. The van der Waals surface area contributed by atoms with Crippen LogP contribution in [0.5, 0.6) is 0 Å². The summed E-state index contributed by atoms with van der Waals surface area (Å²) < 4.78 is 0. The lowest BCUT2D eigenvalue weighted by Crippen LogP contribution is -2.33. The second-order valence-electron chi connectivity index (χ2n) is 6.69. The molecule has 0 spiro atoms. The number of aryl methyl sites for hydroxylation is 1. The number of thioether (sulfide) groups is 1. The van der Waals surface area contributed by atoms with Crippen molar-refractivity contribution in [3.8, 4) is 0 Å². The van der Waals surface area contributed by atoms with Gasteiger partial charge in [-0.15, -0.1) is 0 Å². The average Bonchev–Trinajstić information content (AvgIpc) is 3.00. The maximum atomic E-state index is 12.8. The molecule has 1 aliphatic rings. The third-order valence-electron chi connectivity index (χ3n) is 4.62. The van der Waals surface area contributed by atoms with E-state index in [1.165, 1.54) is 0 Å². The number of benzene rings is 2. The van der Waals surface area contributed by atoms with Gasteiger partial charge in [-0.2, -0.15) is 0 Å². The van der Waals surface area contributed by atoms with Gasteiger partial charge in [0, 0.05) is 12.1 Å². The molecule has 2 aromatic rings. The molecule has 0 aliphatic carbocycles. The van der Waals surface area contributed by atoms with E-state index < -0.39 is 34.2 Å². The number of nitrogens with zero attached hydrogens (tertiary/aromatic N) is 1. The van der Waals surface area contributed by atoms with Crippen molar-refractivity contribution < 1.29 is 34.2 Å². The van der Waals surface area contributed by atoms with Gasteiger partial charge in [-0.3, -0.25) is 14.4 Å². The highest BCUT2D eigenvalue weighted by Crippen LogP contribution is 2.35. The van der Waals surface area contributed by atoms with Crippen molar-refractivity contribution in [1.29, 1.82) is 0 Å². The van der Waals surface area contributed by atoms with Crippen LogP contribution in [0, 0.1) is 0 Å². The van der Waals surface area contributed by atoms with Crippen molar-refractivity contribution >= 4 is 52.1 Å². The largest absolute Gasteiger partial charge is 0.478 e. The van der Waals surface area contributed by atoms with Crippen LogP contribution < -0.4 is 10.2 Å². The van der Waals surface area contributed by atoms with Gasteiger partial charge >= 0.3 is 11.9 Å². The first kappa shape index (κ1) is 22.0. The Morgan fingerprint density at radius 2 is 1.65 bits per heavy atom. The Morgan fingerprint density at radius 3 is 2.23 bits per heavy atom. The van der Waals surface area contributed by atoms with Crippen LogP contribution in [0.15, 0.2) is 42.5 Å². The zero-order valence-electron chi connectivity index (χ0n) is 16.3. The van der Waals surface area contributed by atoms with E-state index >= 15 is 0 Å². The molecule has 1 unspecified atom stereocenters. The van der Waals surface area contributed by atoms with Crippen molar-refractivity contribution in [3.05, 3.63) is 59.2 Å². The summed E-state index contributed by atoms with van der Waals surface area (Å²) in [6, 6.07) is 10.2. The second kappa shape index (κ2) is 9.00. The molecule has 0 bridgehead atoms. The Morgan fingerprint density at radius 1 is 1.03 bits per heavy atom. The van der Waals surface area contributed by atoms with Crippen LogP contribution in [-0.2, 0) is 16.0 Å². The maximum absolute atomic E-state index is 12.8. The summed E-state index contributed by atoms with van der Waals surface area (Å²) in [4.78, 5) is 61.2. The molecule has 3 amide bonds. The summed E-state index contributed by atoms with van der Waals surface area (Å²) in [6.45, 7) is 1.90. The highest BCUT2D eigenvalue weighted by atomic mass is 32.2. The van der Waals surface area contributed by atoms with Gasteiger partial charge in [-0.25, -0.2) is 14.5 Å². The molecular formula is C21H18N2O7S. The number of amides is 3. The molecule has 1 fully saturated rings. The number of rotatable bonds is 7. The van der Waals surface area contributed by atoms with E-state index in [9.17, 15) is 24.0 Å². The first-order valence-corrected chi connectivity index (χ1v) is 10.1. The minimum absolute atomic E-state index is 0.0303. The molecule has 0 saturated carbocycles. The van der Waals surface area contributed by atoms with Gasteiger partial charge in [0.25, 0.3) is 5.24 Å². The number of carbonyl (C=O) groups is 5. The number of hydrogen-bond acceptors (Lipinski definition) is 6. The standard InChI is InChI=1S/C21H18N2O7S/c1-2-11-5-3-4-6-15(11)23-18(25)16(31-21(23)30)10-17(24)22-14-8-12(19(26)27)7-13(9-14)20(28)29/h3-9,16H,2,10H2,1H3,(H,22,24)(H,26,27)(H,28,29). The van der Waals surface area contributed by atoms with E-state index in [1.807, 2.05) is 19.1 Å². The van der Waals surface area contributed by atoms with Crippen LogP contribution >= 0.6 is 11.8 Å². The third kappa shape index (κ3) is 4.75. The normalized spacial score (nSPS) is 15.8. The van der Waals surface area contributed by atoms with Crippen molar-refractivity contribution in [2.24, 2.45) is 0 Å². The van der Waals surface area contributed by atoms with E-state index in [-0.39, 0.29) is 23.2 Å². The molecule has 160 valence electrons. The number of hydrogen-bond donors (Lipinski definition) is 3. The minimum atomic E-state index is -1.35. The van der Waals surface area contributed by atoms with E-state index in [2.05, 4.69) is 5.32 Å². The van der Waals surface area contributed by atoms with Gasteiger partial charge in [0.2, 0.25) is 11.8 Å². The molecule has 0 radical (unpaired) electrons. The lowest BCUT2D eigenvalue weighted by atomic mass is 10.1. The highest BCUT2D eigenvalue weighted by molar-refractivity contribution is 8.15. The number of imide groups is 1. The van der Waals surface area contributed by atoms with E-state index in [0.29, 0.717) is 12.1 Å². The summed E-state index contributed by atoms with van der Waals surface area (Å²) in [7, 11) is 0. The fraction of sp³-hybridized carbons (Fsp3) is 0.190. The number of carboxylic acid groups (broad SMARTS) is 2. The van der Waals surface area contributed by atoms with Crippen molar-refractivity contribution in [1.82, 2.24) is 0 Å². The Kier molecular flexibility index (Phi) is 6.40. The number of para-hydroxylation sites is 1. The van der Waals surface area contributed by atoms with Crippen molar-refractivity contribution in [3.63, 3.8) is 0 Å². The fourth-order valence-corrected chi connectivity index (χ4v) is 4.14. The topological polar surface area (TPSA) is 141 Å². The first-order valence-electron chi connectivity index (χ1n) is 9.25. The summed E-state index contributed by atoms with van der Waals surface area (Å²) in [5.41, 5.74) is 0.660. The molecule has 3 rings (SSSR count). The Balaban J connectivity index is 1.76. The molecule has 10 heteroatoms. The molecule has 2 aromatic carbocycles. The van der Waals surface area contributed by atoms with Gasteiger partial charge in [0.05, 0.1) is 16.8 Å².